The van der Waals surface area contributed by atoms with Crippen LogP contribution in [0.5, 0.6) is 5.75 Å². The predicted molar refractivity (Wildman–Crippen MR) is 116 cm³/mol. The van der Waals surface area contributed by atoms with Crippen molar-refractivity contribution in [3.63, 3.8) is 0 Å². The Kier molecular flexibility index (Phi) is 6.80. The van der Waals surface area contributed by atoms with E-state index in [9.17, 15) is 22.8 Å². The van der Waals surface area contributed by atoms with E-state index < -0.39 is 27.8 Å². The van der Waals surface area contributed by atoms with Crippen LogP contribution in [0.3, 0.4) is 0 Å². The SMILES string of the molecule is COc1cccc(N2C[C@H](C(=O)NNC(=O)c3cccc(S(=O)(=O)N(C)C)c3)CC2=O)c1. The van der Waals surface area contributed by atoms with Gasteiger partial charge in [-0.05, 0) is 30.3 Å². The minimum absolute atomic E-state index is 0.00449. The molecule has 1 fully saturated rings. The first-order valence-electron chi connectivity index (χ1n) is 9.70. The molecule has 10 nitrogen and oxygen atoms in total. The van der Waals surface area contributed by atoms with Gasteiger partial charge in [0, 0.05) is 44.4 Å². The van der Waals surface area contributed by atoms with Gasteiger partial charge >= 0.3 is 0 Å². The first kappa shape index (κ1) is 23.2. The number of hydrogen-bond acceptors (Lipinski definition) is 6. The van der Waals surface area contributed by atoms with Crippen molar-refractivity contribution >= 4 is 33.4 Å². The van der Waals surface area contributed by atoms with Crippen LogP contribution in [0.1, 0.15) is 16.8 Å². The van der Waals surface area contributed by atoms with Gasteiger partial charge in [0.05, 0.1) is 17.9 Å². The lowest BCUT2D eigenvalue weighted by Crippen LogP contribution is -2.45. The van der Waals surface area contributed by atoms with Gasteiger partial charge in [-0.1, -0.05) is 12.1 Å². The standard InChI is InChI=1S/C21H24N4O6S/c1-24(2)32(29,30)18-9-4-6-14(10-18)20(27)22-23-21(28)15-11-19(26)25(13-15)16-7-5-8-17(12-16)31-3/h4-10,12,15H,11,13H2,1-3H3,(H,22,27)(H,23,28)/t15-/m1/s1. The van der Waals surface area contributed by atoms with E-state index in [2.05, 4.69) is 10.9 Å². The van der Waals surface area contributed by atoms with Crippen LogP contribution < -0.4 is 20.5 Å². The van der Waals surface area contributed by atoms with E-state index in [1.165, 1.54) is 50.4 Å². The molecule has 2 aromatic rings. The van der Waals surface area contributed by atoms with Crippen molar-refractivity contribution in [1.82, 2.24) is 15.2 Å². The number of hydrazine groups is 1. The van der Waals surface area contributed by atoms with Gasteiger partial charge in [0.15, 0.2) is 0 Å². The molecule has 0 unspecified atom stereocenters. The molecule has 1 atom stereocenters. The first-order chi connectivity index (χ1) is 15.1. The molecule has 1 aliphatic rings. The van der Waals surface area contributed by atoms with E-state index in [0.717, 1.165) is 4.31 Å². The third-order valence-electron chi connectivity index (χ3n) is 5.03. The number of methoxy groups -OCH3 is 1. The fourth-order valence-electron chi connectivity index (χ4n) is 3.21. The summed E-state index contributed by atoms with van der Waals surface area (Å²) in [7, 11) is 0.594. The quantitative estimate of drug-likeness (QED) is 0.613. The van der Waals surface area contributed by atoms with Crippen molar-refractivity contribution in [1.29, 1.82) is 0 Å². The average Bonchev–Trinajstić information content (AvgIpc) is 3.19. The number of benzene rings is 2. The van der Waals surface area contributed by atoms with Crippen LogP contribution in [0.25, 0.3) is 0 Å². The zero-order valence-corrected chi connectivity index (χ0v) is 18.7. The van der Waals surface area contributed by atoms with Crippen molar-refractivity contribution in [3.05, 3.63) is 54.1 Å². The third kappa shape index (κ3) is 4.89. The Labute approximate surface area is 186 Å². The summed E-state index contributed by atoms with van der Waals surface area (Å²) in [5, 5.41) is 0. The van der Waals surface area contributed by atoms with Gasteiger partial charge in [-0.25, -0.2) is 12.7 Å². The van der Waals surface area contributed by atoms with E-state index in [4.69, 9.17) is 4.74 Å². The molecule has 1 heterocycles. The second-order valence-corrected chi connectivity index (χ2v) is 9.52. The maximum absolute atomic E-state index is 12.5. The Balaban J connectivity index is 1.62. The molecular weight excluding hydrogens is 436 g/mol. The maximum Gasteiger partial charge on any atom is 0.269 e. The molecule has 0 spiro atoms. The second-order valence-electron chi connectivity index (χ2n) is 7.37. The van der Waals surface area contributed by atoms with Gasteiger partial charge in [-0.15, -0.1) is 0 Å². The summed E-state index contributed by atoms with van der Waals surface area (Å²) in [5.74, 6) is -1.48. The molecule has 2 N–H and O–H groups in total. The van der Waals surface area contributed by atoms with Crippen molar-refractivity contribution in [2.24, 2.45) is 5.92 Å². The van der Waals surface area contributed by atoms with Crippen LogP contribution in [-0.4, -0.2) is 58.2 Å². The molecule has 170 valence electrons. The molecule has 1 saturated heterocycles. The van der Waals surface area contributed by atoms with E-state index in [0.29, 0.717) is 11.4 Å². The molecule has 1 aliphatic heterocycles. The smallest absolute Gasteiger partial charge is 0.269 e. The van der Waals surface area contributed by atoms with Gasteiger partial charge in [-0.3, -0.25) is 25.2 Å². The number of hydrogen-bond donors (Lipinski definition) is 2. The molecular formula is C21H24N4O6S. The van der Waals surface area contributed by atoms with Gasteiger partial charge < -0.3 is 9.64 Å². The number of anilines is 1. The molecule has 0 bridgehead atoms. The minimum atomic E-state index is -3.71. The number of ether oxygens (including phenoxy) is 1. The molecule has 2 aromatic carbocycles. The lowest BCUT2D eigenvalue weighted by molar-refractivity contribution is -0.126. The summed E-state index contributed by atoms with van der Waals surface area (Å²) < 4.78 is 30.7. The number of nitrogens with one attached hydrogen (secondary N) is 2. The summed E-state index contributed by atoms with van der Waals surface area (Å²) in [6, 6.07) is 12.4. The number of nitrogens with zero attached hydrogens (tertiary/aromatic N) is 2. The highest BCUT2D eigenvalue weighted by Gasteiger charge is 2.35. The highest BCUT2D eigenvalue weighted by atomic mass is 32.2. The lowest BCUT2D eigenvalue weighted by Gasteiger charge is -2.17. The molecule has 0 radical (unpaired) electrons. The van der Waals surface area contributed by atoms with Crippen LogP contribution in [0, 0.1) is 5.92 Å². The number of carbonyl (C=O) groups is 3. The molecule has 11 heteroatoms. The van der Waals surface area contributed by atoms with Crippen molar-refractivity contribution < 1.29 is 27.5 Å². The summed E-state index contributed by atoms with van der Waals surface area (Å²) in [4.78, 5) is 38.8. The zero-order valence-electron chi connectivity index (χ0n) is 17.9. The lowest BCUT2D eigenvalue weighted by atomic mass is 10.1. The highest BCUT2D eigenvalue weighted by molar-refractivity contribution is 7.89. The van der Waals surface area contributed by atoms with Crippen LogP contribution in [-0.2, 0) is 19.6 Å². The normalized spacial score (nSPS) is 16.2. The largest absolute Gasteiger partial charge is 0.497 e. The van der Waals surface area contributed by atoms with E-state index >= 15 is 0 Å². The number of sulfonamides is 1. The number of carbonyl (C=O) groups excluding carboxylic acids is 3. The Bertz CT molecular complexity index is 1150. The van der Waals surface area contributed by atoms with Crippen molar-refractivity contribution in [2.45, 2.75) is 11.3 Å². The Morgan fingerprint density at radius 3 is 2.50 bits per heavy atom. The van der Waals surface area contributed by atoms with Crippen LogP contribution in [0.2, 0.25) is 0 Å². The fourth-order valence-corrected chi connectivity index (χ4v) is 4.16. The topological polar surface area (TPSA) is 125 Å². The van der Waals surface area contributed by atoms with Crippen LogP contribution >= 0.6 is 0 Å². The van der Waals surface area contributed by atoms with Gasteiger partial charge in [0.25, 0.3) is 5.91 Å². The van der Waals surface area contributed by atoms with Crippen LogP contribution in [0.15, 0.2) is 53.4 Å². The average molecular weight is 461 g/mol. The number of amides is 3. The molecule has 0 saturated carbocycles. The van der Waals surface area contributed by atoms with Gasteiger partial charge in [-0.2, -0.15) is 0 Å². The van der Waals surface area contributed by atoms with Gasteiger partial charge in [0.2, 0.25) is 21.8 Å². The van der Waals surface area contributed by atoms with Crippen molar-refractivity contribution in [3.8, 4) is 5.75 Å². The first-order valence-corrected chi connectivity index (χ1v) is 11.1. The maximum atomic E-state index is 12.5. The van der Waals surface area contributed by atoms with Gasteiger partial charge in [0.1, 0.15) is 5.75 Å². The molecule has 32 heavy (non-hydrogen) atoms. The molecule has 0 aromatic heterocycles. The minimum Gasteiger partial charge on any atom is -0.497 e. The zero-order chi connectivity index (χ0) is 23.5. The van der Waals surface area contributed by atoms with Crippen molar-refractivity contribution in [2.75, 3.05) is 32.6 Å². The fraction of sp³-hybridized carbons (Fsp3) is 0.286. The van der Waals surface area contributed by atoms with Crippen LogP contribution in [0.4, 0.5) is 5.69 Å². The third-order valence-corrected chi connectivity index (χ3v) is 6.85. The highest BCUT2D eigenvalue weighted by Crippen LogP contribution is 2.27. The summed E-state index contributed by atoms with van der Waals surface area (Å²) in [6.07, 6.45) is -0.00449. The van der Waals surface area contributed by atoms with E-state index in [-0.39, 0.29) is 29.3 Å². The predicted octanol–water partition coefficient (Wildman–Crippen LogP) is 0.760. The van der Waals surface area contributed by atoms with E-state index in [1.54, 1.807) is 24.3 Å². The van der Waals surface area contributed by atoms with E-state index in [1.807, 2.05) is 0 Å². The molecule has 3 amide bonds. The molecule has 0 aliphatic carbocycles. The Hall–Kier alpha value is -3.44. The molecule has 3 rings (SSSR count). The number of rotatable bonds is 6. The Morgan fingerprint density at radius 1 is 1.09 bits per heavy atom. The second kappa shape index (κ2) is 9.37. The summed E-state index contributed by atoms with van der Waals surface area (Å²) >= 11 is 0. The summed E-state index contributed by atoms with van der Waals surface area (Å²) in [5.41, 5.74) is 5.27. The summed E-state index contributed by atoms with van der Waals surface area (Å²) in [6.45, 7) is 0.157. The monoisotopic (exact) mass is 460 g/mol. The Morgan fingerprint density at radius 2 is 1.81 bits per heavy atom.